The second kappa shape index (κ2) is 7.80. The van der Waals surface area contributed by atoms with E-state index in [-0.39, 0.29) is 23.6 Å². The van der Waals surface area contributed by atoms with Crippen LogP contribution in [-0.4, -0.2) is 37.5 Å². The molecule has 6 rings (SSSR count). The molecule has 0 N–H and O–H groups in total. The lowest BCUT2D eigenvalue weighted by molar-refractivity contribution is -0.147. The highest BCUT2D eigenvalue weighted by atomic mass is 35.5. The molecule has 3 atom stereocenters. The molecule has 34 heavy (non-hydrogen) atoms. The van der Waals surface area contributed by atoms with Crippen molar-refractivity contribution in [3.8, 4) is 0 Å². The van der Waals surface area contributed by atoms with Gasteiger partial charge in [0, 0.05) is 29.4 Å². The average Bonchev–Trinajstić information content (AvgIpc) is 3.47. The maximum Gasteiger partial charge on any atom is 0.166 e. The fourth-order valence-electron chi connectivity index (χ4n) is 5.13. The monoisotopic (exact) mass is 482 g/mol. The number of nitrogens with zero attached hydrogens (tertiary/aromatic N) is 4. The summed E-state index contributed by atoms with van der Waals surface area (Å²) in [4.78, 5) is 12.6. The molecule has 6 nitrogen and oxygen atoms in total. The van der Waals surface area contributed by atoms with E-state index in [0.29, 0.717) is 34.6 Å². The predicted octanol–water partition coefficient (Wildman–Crippen LogP) is 5.55. The number of benzene rings is 1. The summed E-state index contributed by atoms with van der Waals surface area (Å²) in [5.41, 5.74) is 2.46. The van der Waals surface area contributed by atoms with Crippen LogP contribution in [0.2, 0.25) is 5.15 Å². The fourth-order valence-corrected chi connectivity index (χ4v) is 5.32. The number of aryl methyl sites for hydroxylation is 1. The summed E-state index contributed by atoms with van der Waals surface area (Å²) in [5, 5.41) is 2.00. The van der Waals surface area contributed by atoms with Crippen molar-refractivity contribution in [2.75, 3.05) is 0 Å². The van der Waals surface area contributed by atoms with Gasteiger partial charge in [0.2, 0.25) is 0 Å². The van der Waals surface area contributed by atoms with Crippen molar-refractivity contribution in [3.63, 3.8) is 0 Å². The maximum absolute atomic E-state index is 14.3. The number of pyridine rings is 1. The molecule has 0 bridgehead atoms. The van der Waals surface area contributed by atoms with Crippen LogP contribution in [0.15, 0.2) is 54.8 Å². The zero-order valence-electron chi connectivity index (χ0n) is 18.5. The van der Waals surface area contributed by atoms with Gasteiger partial charge in [-0.15, -0.1) is 0 Å². The Labute approximate surface area is 199 Å². The van der Waals surface area contributed by atoms with E-state index in [4.69, 9.17) is 21.1 Å². The normalized spacial score (nSPS) is 23.6. The van der Waals surface area contributed by atoms with E-state index >= 15 is 0 Å². The van der Waals surface area contributed by atoms with Gasteiger partial charge in [-0.3, -0.25) is 4.98 Å². The Balaban J connectivity index is 1.36. The van der Waals surface area contributed by atoms with Gasteiger partial charge in [-0.2, -0.15) is 0 Å². The molecular weight excluding hydrogens is 462 g/mol. The van der Waals surface area contributed by atoms with Gasteiger partial charge in [0.15, 0.2) is 17.4 Å². The second-order valence-electron chi connectivity index (χ2n) is 9.13. The van der Waals surface area contributed by atoms with E-state index in [2.05, 4.69) is 21.0 Å². The quantitative estimate of drug-likeness (QED) is 0.282. The summed E-state index contributed by atoms with van der Waals surface area (Å²) in [6.07, 6.45) is 9.13. The molecular formula is C25H21ClF2N4O2. The number of hydrogen-bond acceptors (Lipinski definition) is 5. The number of rotatable bonds is 4. The van der Waals surface area contributed by atoms with Gasteiger partial charge in [0.25, 0.3) is 0 Å². The van der Waals surface area contributed by atoms with E-state index in [9.17, 15) is 8.78 Å². The first-order valence-electron chi connectivity index (χ1n) is 11.1. The zero-order chi connectivity index (χ0) is 23.6. The summed E-state index contributed by atoms with van der Waals surface area (Å²) in [6, 6.07) is 4.49. The van der Waals surface area contributed by atoms with Gasteiger partial charge in [-0.05, 0) is 56.0 Å². The lowest BCUT2D eigenvalue weighted by Crippen LogP contribution is -2.27. The first-order chi connectivity index (χ1) is 16.3. The van der Waals surface area contributed by atoms with Crippen LogP contribution in [0.5, 0.6) is 0 Å². The topological polar surface area (TPSA) is 62.1 Å². The highest BCUT2D eigenvalue weighted by Gasteiger charge is 2.50. The number of halogens is 3. The summed E-state index contributed by atoms with van der Waals surface area (Å²) >= 11 is 6.25. The highest BCUT2D eigenvalue weighted by Crippen LogP contribution is 2.45. The first kappa shape index (κ1) is 21.6. The van der Waals surface area contributed by atoms with Crippen LogP contribution >= 0.6 is 11.6 Å². The minimum Gasteiger partial charge on any atom is -0.342 e. The van der Waals surface area contributed by atoms with Crippen LogP contribution in [0.25, 0.3) is 21.8 Å². The maximum atomic E-state index is 14.3. The van der Waals surface area contributed by atoms with Gasteiger partial charge in [-0.25, -0.2) is 18.7 Å². The molecule has 0 radical (unpaired) electrons. The van der Waals surface area contributed by atoms with Crippen LogP contribution in [0.3, 0.4) is 0 Å². The Morgan fingerprint density at radius 3 is 2.79 bits per heavy atom. The third-order valence-electron chi connectivity index (χ3n) is 6.59. The molecule has 1 aromatic carbocycles. The average molecular weight is 483 g/mol. The summed E-state index contributed by atoms with van der Waals surface area (Å²) in [6.45, 7) is 3.78. The van der Waals surface area contributed by atoms with Crippen molar-refractivity contribution in [2.45, 2.75) is 50.7 Å². The van der Waals surface area contributed by atoms with Crippen LogP contribution in [-0.2, 0) is 15.9 Å². The Kier molecular flexibility index (Phi) is 4.95. The SMILES string of the molecule is CC1(C)O[C@@H]2[C@H](O1)C(CCc1cc(F)c(F)c3ccncc13)=C[C@H]2n1ccc2c(Cl)ncnc21. The van der Waals surface area contributed by atoms with Crippen molar-refractivity contribution in [1.29, 1.82) is 0 Å². The largest absolute Gasteiger partial charge is 0.342 e. The first-order valence-corrected chi connectivity index (χ1v) is 11.4. The second-order valence-corrected chi connectivity index (χ2v) is 9.49. The van der Waals surface area contributed by atoms with Crippen molar-refractivity contribution >= 4 is 33.4 Å². The molecule has 0 saturated carbocycles. The van der Waals surface area contributed by atoms with Crippen LogP contribution in [0.4, 0.5) is 8.78 Å². The van der Waals surface area contributed by atoms with Crippen molar-refractivity contribution in [1.82, 2.24) is 19.5 Å². The van der Waals surface area contributed by atoms with Gasteiger partial charge in [-0.1, -0.05) is 17.7 Å². The van der Waals surface area contributed by atoms with Crippen molar-refractivity contribution in [3.05, 3.63) is 77.1 Å². The molecule has 0 amide bonds. The number of hydrogen-bond donors (Lipinski definition) is 0. The molecule has 1 aliphatic heterocycles. The molecule has 4 aromatic rings. The van der Waals surface area contributed by atoms with E-state index < -0.39 is 17.4 Å². The van der Waals surface area contributed by atoms with E-state index in [1.807, 2.05) is 30.7 Å². The summed E-state index contributed by atoms with van der Waals surface area (Å²) in [5.74, 6) is -2.46. The molecule has 174 valence electrons. The fraction of sp³-hybridized carbons (Fsp3) is 0.320. The van der Waals surface area contributed by atoms with Crippen LogP contribution in [0, 0.1) is 11.6 Å². The Morgan fingerprint density at radius 1 is 1.09 bits per heavy atom. The van der Waals surface area contributed by atoms with Crippen LogP contribution < -0.4 is 0 Å². The van der Waals surface area contributed by atoms with Gasteiger partial charge in [0.05, 0.1) is 11.4 Å². The molecule has 1 fully saturated rings. The minimum atomic E-state index is -0.859. The molecule has 3 aromatic heterocycles. The highest BCUT2D eigenvalue weighted by molar-refractivity contribution is 6.33. The molecule has 1 aliphatic carbocycles. The van der Waals surface area contributed by atoms with Crippen LogP contribution in [0.1, 0.15) is 31.9 Å². The molecule has 0 unspecified atom stereocenters. The van der Waals surface area contributed by atoms with E-state index in [1.165, 1.54) is 24.7 Å². The van der Waals surface area contributed by atoms with Gasteiger partial charge >= 0.3 is 0 Å². The van der Waals surface area contributed by atoms with E-state index in [0.717, 1.165) is 11.0 Å². The standard InChI is InChI=1S/C25H21ClF2N4O2/c1-25(2)33-21-14(4-3-13-9-18(27)20(28)15-5-7-29-11-17(13)15)10-19(22(21)34-25)32-8-6-16-23(26)30-12-31-24(16)32/h5-12,19,21-22H,3-4H2,1-2H3/t19-,21-,22+/m1/s1. The van der Waals surface area contributed by atoms with Crippen molar-refractivity contribution in [2.24, 2.45) is 0 Å². The Morgan fingerprint density at radius 2 is 1.94 bits per heavy atom. The third-order valence-corrected chi connectivity index (χ3v) is 6.90. The summed E-state index contributed by atoms with van der Waals surface area (Å²) < 4.78 is 43.1. The smallest absolute Gasteiger partial charge is 0.166 e. The third kappa shape index (κ3) is 3.40. The molecule has 1 saturated heterocycles. The lowest BCUT2D eigenvalue weighted by Gasteiger charge is -2.22. The van der Waals surface area contributed by atoms with E-state index in [1.54, 1.807) is 6.20 Å². The molecule has 4 heterocycles. The van der Waals surface area contributed by atoms with Gasteiger partial charge < -0.3 is 14.0 Å². The Hall–Kier alpha value is -2.94. The predicted molar refractivity (Wildman–Crippen MR) is 123 cm³/mol. The van der Waals surface area contributed by atoms with Gasteiger partial charge in [0.1, 0.15) is 29.3 Å². The lowest BCUT2D eigenvalue weighted by atomic mass is 9.98. The van der Waals surface area contributed by atoms with Crippen molar-refractivity contribution < 1.29 is 18.3 Å². The number of aromatic nitrogens is 4. The molecule has 0 spiro atoms. The molecule has 2 aliphatic rings. The zero-order valence-corrected chi connectivity index (χ0v) is 19.3. The number of ether oxygens (including phenoxy) is 2. The molecule has 9 heteroatoms. The number of fused-ring (bicyclic) bond motifs is 3. The summed E-state index contributed by atoms with van der Waals surface area (Å²) in [7, 11) is 0. The Bertz CT molecular complexity index is 1470. The minimum absolute atomic E-state index is 0.159.